The molecule has 0 N–H and O–H groups in total. The first-order chi connectivity index (χ1) is 7.06. The second-order valence-electron chi connectivity index (χ2n) is 3.19. The van der Waals surface area contributed by atoms with Gasteiger partial charge in [-0.1, -0.05) is 43.2 Å². The van der Waals surface area contributed by atoms with Gasteiger partial charge in [-0.3, -0.25) is 0 Å². The first kappa shape index (κ1) is 15.6. The van der Waals surface area contributed by atoms with Crippen molar-refractivity contribution in [3.8, 4) is 0 Å². The molecule has 15 heavy (non-hydrogen) atoms. The lowest BCUT2D eigenvalue weighted by atomic mass is 10.1. The Kier molecular flexibility index (Phi) is 10.2. The highest BCUT2D eigenvalue weighted by Gasteiger charge is 2.00. The molecule has 1 aromatic carbocycles. The Morgan fingerprint density at radius 2 is 1.60 bits per heavy atom. The normalized spacial score (nSPS) is 9.13. The zero-order chi connectivity index (χ0) is 11.7. The fourth-order valence-corrected chi connectivity index (χ4v) is 1.08. The summed E-state index contributed by atoms with van der Waals surface area (Å²) in [6, 6.07) is 8.73. The minimum absolute atomic E-state index is 1.04. The topological polar surface area (TPSA) is 0 Å². The van der Waals surface area contributed by atoms with Crippen LogP contribution in [0, 0.1) is 13.8 Å². The Morgan fingerprint density at radius 1 is 1.13 bits per heavy atom. The minimum Gasteiger partial charge on any atom is -0.214 e. The molecule has 0 saturated heterocycles. The number of benzene rings is 1. The van der Waals surface area contributed by atoms with E-state index in [0.717, 1.165) is 6.42 Å². The first-order valence-corrected chi connectivity index (χ1v) is 10.1. The van der Waals surface area contributed by atoms with Crippen LogP contribution in [0.2, 0.25) is 0 Å². The number of aryl methyl sites for hydroxylation is 2. The number of halogens is 3. The second-order valence-corrected chi connectivity index (χ2v) is 9.62. The lowest BCUT2D eigenvalue weighted by Gasteiger charge is -1.98. The SMILES string of the molecule is [CH2]CCCc1ccc(C)cc1.[Cl][Al]([Cl])[Cl]. The van der Waals surface area contributed by atoms with Gasteiger partial charge in [-0.05, 0) is 25.3 Å². The third-order valence-corrected chi connectivity index (χ3v) is 1.84. The molecule has 0 aliphatic heterocycles. The monoisotopic (exact) mass is 279 g/mol. The van der Waals surface area contributed by atoms with Gasteiger partial charge in [-0.2, -0.15) is 0 Å². The Hall–Kier alpha value is 0.622. The highest BCUT2D eigenvalue weighted by molar-refractivity contribution is 7.54. The largest absolute Gasteiger partial charge is 0.643 e. The molecule has 0 bridgehead atoms. The van der Waals surface area contributed by atoms with Crippen molar-refractivity contribution < 1.29 is 0 Å². The molecule has 0 aliphatic carbocycles. The third kappa shape index (κ3) is 10.9. The Balaban J connectivity index is 0.000000423. The molecule has 0 amide bonds. The van der Waals surface area contributed by atoms with E-state index in [-0.39, 0.29) is 0 Å². The van der Waals surface area contributed by atoms with E-state index in [0.29, 0.717) is 0 Å². The summed E-state index contributed by atoms with van der Waals surface area (Å²) in [6.45, 7) is 5.93. The predicted molar refractivity (Wildman–Crippen MR) is 72.8 cm³/mol. The molecule has 0 atom stereocenters. The van der Waals surface area contributed by atoms with E-state index >= 15 is 0 Å². The molecule has 0 aromatic heterocycles. The smallest absolute Gasteiger partial charge is 0.214 e. The van der Waals surface area contributed by atoms with Crippen LogP contribution in [0.1, 0.15) is 24.0 Å². The van der Waals surface area contributed by atoms with Gasteiger partial charge >= 0.3 is 11.4 Å². The number of hydrogen-bond donors (Lipinski definition) is 0. The van der Waals surface area contributed by atoms with Gasteiger partial charge in [0.15, 0.2) is 0 Å². The van der Waals surface area contributed by atoms with E-state index < -0.39 is 11.4 Å². The van der Waals surface area contributed by atoms with E-state index in [4.69, 9.17) is 30.1 Å². The Morgan fingerprint density at radius 3 is 2.00 bits per heavy atom. The molecule has 0 nitrogen and oxygen atoms in total. The van der Waals surface area contributed by atoms with Gasteiger partial charge in [0.2, 0.25) is 0 Å². The lowest BCUT2D eigenvalue weighted by molar-refractivity contribution is 0.840. The third-order valence-electron chi connectivity index (χ3n) is 1.84. The van der Waals surface area contributed by atoms with Crippen molar-refractivity contribution in [2.75, 3.05) is 0 Å². The lowest BCUT2D eigenvalue weighted by Crippen LogP contribution is -1.83. The van der Waals surface area contributed by atoms with E-state index in [1.165, 1.54) is 24.0 Å². The molecule has 0 unspecified atom stereocenters. The first-order valence-electron chi connectivity index (χ1n) is 4.83. The fraction of sp³-hybridized carbons (Fsp3) is 0.364. The van der Waals surface area contributed by atoms with Crippen molar-refractivity contribution in [1.29, 1.82) is 0 Å². The van der Waals surface area contributed by atoms with Gasteiger partial charge in [-0.25, -0.2) is 30.1 Å². The average Bonchev–Trinajstić information content (AvgIpc) is 2.16. The zero-order valence-electron chi connectivity index (χ0n) is 8.85. The highest BCUT2D eigenvalue weighted by Crippen LogP contribution is 2.06. The van der Waals surface area contributed by atoms with Crippen LogP contribution in [-0.4, -0.2) is 11.4 Å². The number of unbranched alkanes of at least 4 members (excludes halogenated alkanes) is 1. The van der Waals surface area contributed by atoms with Crippen LogP contribution < -0.4 is 0 Å². The van der Waals surface area contributed by atoms with Gasteiger partial charge in [0.1, 0.15) is 0 Å². The second kappa shape index (κ2) is 9.82. The average molecular weight is 281 g/mol. The van der Waals surface area contributed by atoms with E-state index in [1.807, 2.05) is 0 Å². The van der Waals surface area contributed by atoms with Crippen molar-refractivity contribution in [3.05, 3.63) is 42.3 Å². The molecular weight excluding hydrogens is 265 g/mol. The Bertz CT molecular complexity index is 244. The van der Waals surface area contributed by atoms with Crippen LogP contribution in [0.25, 0.3) is 0 Å². The van der Waals surface area contributed by atoms with Gasteiger partial charge in [0.05, 0.1) is 0 Å². The van der Waals surface area contributed by atoms with E-state index in [2.05, 4.69) is 38.1 Å². The maximum Gasteiger partial charge on any atom is 0.643 e. The molecule has 0 fully saturated rings. The van der Waals surface area contributed by atoms with Gasteiger partial charge in [-0.15, -0.1) is 0 Å². The van der Waals surface area contributed by atoms with Gasteiger partial charge in [0.25, 0.3) is 0 Å². The van der Waals surface area contributed by atoms with Crippen LogP contribution in [0.3, 0.4) is 0 Å². The number of hydrogen-bond acceptors (Lipinski definition) is 0. The van der Waals surface area contributed by atoms with Crippen molar-refractivity contribution in [2.24, 2.45) is 0 Å². The molecule has 0 saturated carbocycles. The van der Waals surface area contributed by atoms with Crippen LogP contribution in [0.15, 0.2) is 24.3 Å². The zero-order valence-corrected chi connectivity index (χ0v) is 12.3. The summed E-state index contributed by atoms with van der Waals surface area (Å²) >= 11 is -1.72. The Labute approximate surface area is 110 Å². The quantitative estimate of drug-likeness (QED) is 0.695. The van der Waals surface area contributed by atoms with Crippen LogP contribution in [-0.2, 0) is 6.42 Å². The summed E-state index contributed by atoms with van der Waals surface area (Å²) in [5, 5.41) is 0. The van der Waals surface area contributed by atoms with Gasteiger partial charge < -0.3 is 0 Å². The summed E-state index contributed by atoms with van der Waals surface area (Å²) < 4.78 is 0. The maximum absolute atomic E-state index is 4.94. The van der Waals surface area contributed by atoms with Crippen molar-refractivity contribution >= 4 is 41.5 Å². The molecule has 0 aliphatic rings. The predicted octanol–water partition coefficient (Wildman–Crippen LogP) is 4.84. The minimum atomic E-state index is -1.72. The molecule has 83 valence electrons. The molecule has 1 aromatic rings. The maximum atomic E-state index is 4.94. The standard InChI is InChI=1S/C11H15.Al.3ClH/c1-3-4-5-11-8-6-10(2)7-9-11;;;;/h6-9H,1,3-5H2,2H3;;3*1H/q;+3;;;/p-3. The van der Waals surface area contributed by atoms with Crippen molar-refractivity contribution in [2.45, 2.75) is 26.2 Å². The van der Waals surface area contributed by atoms with Crippen LogP contribution in [0.5, 0.6) is 0 Å². The van der Waals surface area contributed by atoms with Crippen molar-refractivity contribution in [1.82, 2.24) is 0 Å². The van der Waals surface area contributed by atoms with Crippen LogP contribution in [0.4, 0.5) is 0 Å². The molecule has 0 heterocycles. The molecular formula is C11H15AlCl3. The van der Waals surface area contributed by atoms with E-state index in [1.54, 1.807) is 0 Å². The molecule has 0 spiro atoms. The summed E-state index contributed by atoms with van der Waals surface area (Å²) in [5.74, 6) is 0. The van der Waals surface area contributed by atoms with Crippen LogP contribution >= 0.6 is 30.1 Å². The summed E-state index contributed by atoms with van der Waals surface area (Å²) in [5.41, 5.74) is 2.77. The van der Waals surface area contributed by atoms with Crippen molar-refractivity contribution in [3.63, 3.8) is 0 Å². The molecule has 1 radical (unpaired) electrons. The number of rotatable bonds is 3. The molecule has 1 rings (SSSR count). The summed E-state index contributed by atoms with van der Waals surface area (Å²) in [7, 11) is 14.8. The molecule has 4 heteroatoms. The fourth-order valence-electron chi connectivity index (χ4n) is 1.08. The summed E-state index contributed by atoms with van der Waals surface area (Å²) in [6.07, 6.45) is 3.40. The van der Waals surface area contributed by atoms with Gasteiger partial charge in [0, 0.05) is 0 Å². The highest BCUT2D eigenvalue weighted by atomic mass is 35.8. The summed E-state index contributed by atoms with van der Waals surface area (Å²) in [4.78, 5) is 0. The van der Waals surface area contributed by atoms with E-state index in [9.17, 15) is 0 Å².